The molecule has 2 aromatic heterocycles. The molecule has 4 aromatic carbocycles. The molecule has 0 saturated heterocycles. The summed E-state index contributed by atoms with van der Waals surface area (Å²) in [5.41, 5.74) is 7.44. The Morgan fingerprint density at radius 1 is 0.737 bits per heavy atom. The van der Waals surface area contributed by atoms with Crippen molar-refractivity contribution in [2.75, 3.05) is 0 Å². The first-order chi connectivity index (χ1) is 18.8. The number of rotatable bonds is 9. The van der Waals surface area contributed by atoms with Crippen molar-refractivity contribution >= 4 is 10.9 Å². The Kier molecular flexibility index (Phi) is 6.62. The zero-order chi connectivity index (χ0) is 25.8. The Balaban J connectivity index is 1.69. The van der Waals surface area contributed by atoms with Crippen molar-refractivity contribution < 1.29 is 0 Å². The number of aromatic nitrogens is 4. The van der Waals surface area contributed by atoms with Crippen LogP contribution >= 0.6 is 0 Å². The summed E-state index contributed by atoms with van der Waals surface area (Å²) in [5, 5.41) is 11.1. The minimum atomic E-state index is -0.639. The highest BCUT2D eigenvalue weighted by molar-refractivity contribution is 5.87. The van der Waals surface area contributed by atoms with Crippen LogP contribution in [0.15, 0.2) is 121 Å². The number of aromatic amines is 1. The summed E-state index contributed by atoms with van der Waals surface area (Å²) in [6.45, 7) is 2.94. The number of unbranched alkanes of at least 4 members (excludes halogenated alkanes) is 1. The summed E-state index contributed by atoms with van der Waals surface area (Å²) in [7, 11) is 0. The zero-order valence-electron chi connectivity index (χ0n) is 21.7. The molecule has 4 nitrogen and oxygen atoms in total. The molecule has 6 rings (SSSR count). The quantitative estimate of drug-likeness (QED) is 0.225. The first-order valence-electron chi connectivity index (χ1n) is 13.5. The van der Waals surface area contributed by atoms with Crippen molar-refractivity contribution in [3.05, 3.63) is 155 Å². The lowest BCUT2D eigenvalue weighted by molar-refractivity contribution is 0.605. The molecule has 188 valence electrons. The molecular formula is C34H32N4. The summed E-state index contributed by atoms with van der Waals surface area (Å²) in [6, 6.07) is 40.7. The van der Waals surface area contributed by atoms with E-state index in [2.05, 4.69) is 138 Å². The summed E-state index contributed by atoms with van der Waals surface area (Å²) in [6.07, 6.45) is 5.26. The molecule has 1 N–H and O–H groups in total. The van der Waals surface area contributed by atoms with E-state index < -0.39 is 5.41 Å². The lowest BCUT2D eigenvalue weighted by atomic mass is 9.66. The number of benzene rings is 4. The van der Waals surface area contributed by atoms with Gasteiger partial charge in [0.25, 0.3) is 0 Å². The standard InChI is InChI=1S/C34H32N4/c1-2-3-23-32-33(36-37-38(32)25-26-15-7-4-8-16-26)34(27-17-9-5-10-18-27,28-19-11-6-12-20-28)30-24-35-31-22-14-13-21-29(30)31/h4-22,24,35H,2-3,23,25H2,1H3. The molecule has 0 unspecified atom stereocenters. The maximum absolute atomic E-state index is 5.05. The van der Waals surface area contributed by atoms with Crippen LogP contribution < -0.4 is 0 Å². The molecule has 2 heterocycles. The van der Waals surface area contributed by atoms with Gasteiger partial charge in [-0.1, -0.05) is 128 Å². The van der Waals surface area contributed by atoms with E-state index in [4.69, 9.17) is 10.3 Å². The van der Waals surface area contributed by atoms with E-state index in [1.54, 1.807) is 0 Å². The molecule has 0 radical (unpaired) electrons. The van der Waals surface area contributed by atoms with Crippen LogP contribution in [0.5, 0.6) is 0 Å². The molecule has 0 bridgehead atoms. The molecule has 0 atom stereocenters. The van der Waals surface area contributed by atoms with Gasteiger partial charge >= 0.3 is 0 Å². The summed E-state index contributed by atoms with van der Waals surface area (Å²) >= 11 is 0. The van der Waals surface area contributed by atoms with Crippen molar-refractivity contribution in [3.8, 4) is 0 Å². The maximum atomic E-state index is 5.05. The highest BCUT2D eigenvalue weighted by Gasteiger charge is 2.44. The molecule has 0 fully saturated rings. The molecular weight excluding hydrogens is 464 g/mol. The van der Waals surface area contributed by atoms with Crippen LogP contribution in [-0.4, -0.2) is 20.0 Å². The zero-order valence-corrected chi connectivity index (χ0v) is 21.7. The lowest BCUT2D eigenvalue weighted by Crippen LogP contribution is -2.33. The number of nitrogens with one attached hydrogen (secondary N) is 1. The van der Waals surface area contributed by atoms with Gasteiger partial charge in [-0.15, -0.1) is 5.10 Å². The second-order valence-electron chi connectivity index (χ2n) is 9.86. The number of hydrogen-bond acceptors (Lipinski definition) is 2. The third-order valence-corrected chi connectivity index (χ3v) is 7.54. The fourth-order valence-corrected chi connectivity index (χ4v) is 5.74. The number of nitrogens with zero attached hydrogens (tertiary/aromatic N) is 3. The van der Waals surface area contributed by atoms with Crippen molar-refractivity contribution in [1.82, 2.24) is 20.0 Å². The molecule has 0 saturated carbocycles. The Hall–Kier alpha value is -4.44. The normalized spacial score (nSPS) is 11.7. The van der Waals surface area contributed by atoms with Gasteiger partial charge < -0.3 is 4.98 Å². The molecule has 6 aromatic rings. The highest BCUT2D eigenvalue weighted by Crippen LogP contribution is 2.48. The highest BCUT2D eigenvalue weighted by atomic mass is 15.4. The molecule has 0 aliphatic heterocycles. The Labute approximate surface area is 224 Å². The van der Waals surface area contributed by atoms with E-state index in [9.17, 15) is 0 Å². The van der Waals surface area contributed by atoms with Crippen LogP contribution in [0.3, 0.4) is 0 Å². The van der Waals surface area contributed by atoms with Gasteiger partial charge in [-0.25, -0.2) is 4.68 Å². The smallest absolute Gasteiger partial charge is 0.105 e. The average molecular weight is 497 g/mol. The summed E-state index contributed by atoms with van der Waals surface area (Å²) < 4.78 is 2.12. The molecule has 4 heteroatoms. The topological polar surface area (TPSA) is 46.5 Å². The fourth-order valence-electron chi connectivity index (χ4n) is 5.74. The minimum absolute atomic E-state index is 0.639. The van der Waals surface area contributed by atoms with Crippen LogP contribution in [0.1, 0.15) is 53.4 Å². The van der Waals surface area contributed by atoms with Crippen LogP contribution in [0.4, 0.5) is 0 Å². The van der Waals surface area contributed by atoms with E-state index in [1.807, 2.05) is 0 Å². The van der Waals surface area contributed by atoms with Crippen molar-refractivity contribution in [2.45, 2.75) is 38.1 Å². The van der Waals surface area contributed by atoms with Crippen molar-refractivity contribution in [2.24, 2.45) is 0 Å². The number of hydrogen-bond donors (Lipinski definition) is 1. The van der Waals surface area contributed by atoms with Crippen LogP contribution in [-0.2, 0) is 18.4 Å². The fraction of sp³-hybridized carbons (Fsp3) is 0.176. The lowest BCUT2D eigenvalue weighted by Gasteiger charge is -2.34. The third-order valence-electron chi connectivity index (χ3n) is 7.54. The van der Waals surface area contributed by atoms with E-state index in [-0.39, 0.29) is 0 Å². The van der Waals surface area contributed by atoms with E-state index >= 15 is 0 Å². The predicted octanol–water partition coefficient (Wildman–Crippen LogP) is 7.53. The van der Waals surface area contributed by atoms with E-state index in [1.165, 1.54) is 33.3 Å². The second kappa shape index (κ2) is 10.5. The molecule has 0 amide bonds. The van der Waals surface area contributed by atoms with Crippen LogP contribution in [0.2, 0.25) is 0 Å². The number of fused-ring (bicyclic) bond motifs is 1. The second-order valence-corrected chi connectivity index (χ2v) is 9.86. The van der Waals surface area contributed by atoms with Gasteiger partial charge in [0.15, 0.2) is 0 Å². The minimum Gasteiger partial charge on any atom is -0.361 e. The van der Waals surface area contributed by atoms with Crippen molar-refractivity contribution in [1.29, 1.82) is 0 Å². The number of H-pyrrole nitrogens is 1. The molecule has 0 aliphatic carbocycles. The van der Waals surface area contributed by atoms with E-state index in [0.29, 0.717) is 6.54 Å². The average Bonchev–Trinajstić information content (AvgIpc) is 3.59. The summed E-state index contributed by atoms with van der Waals surface area (Å²) in [5.74, 6) is 0. The number of para-hydroxylation sites is 1. The van der Waals surface area contributed by atoms with Crippen molar-refractivity contribution in [3.63, 3.8) is 0 Å². The predicted molar refractivity (Wildman–Crippen MR) is 154 cm³/mol. The van der Waals surface area contributed by atoms with Gasteiger partial charge in [-0.05, 0) is 41.2 Å². The first kappa shape index (κ1) is 23.9. The van der Waals surface area contributed by atoms with E-state index in [0.717, 1.165) is 30.5 Å². The van der Waals surface area contributed by atoms with Gasteiger partial charge in [-0.2, -0.15) is 0 Å². The Bertz CT molecular complexity index is 1580. The van der Waals surface area contributed by atoms with Gasteiger partial charge in [0.05, 0.1) is 17.7 Å². The Morgan fingerprint density at radius 3 is 2.00 bits per heavy atom. The SMILES string of the molecule is CCCCc1c(C(c2ccccc2)(c2ccccc2)c2c[nH]c3ccccc23)nnn1Cc1ccccc1. The Morgan fingerprint density at radius 2 is 1.34 bits per heavy atom. The first-order valence-corrected chi connectivity index (χ1v) is 13.5. The van der Waals surface area contributed by atoms with Gasteiger partial charge in [0.2, 0.25) is 0 Å². The van der Waals surface area contributed by atoms with Gasteiger partial charge in [-0.3, -0.25) is 0 Å². The third kappa shape index (κ3) is 4.12. The maximum Gasteiger partial charge on any atom is 0.105 e. The molecule has 0 aliphatic rings. The summed E-state index contributed by atoms with van der Waals surface area (Å²) in [4.78, 5) is 3.56. The van der Waals surface area contributed by atoms with Crippen LogP contribution in [0, 0.1) is 0 Å². The monoisotopic (exact) mass is 496 g/mol. The van der Waals surface area contributed by atoms with Gasteiger partial charge in [0, 0.05) is 17.1 Å². The van der Waals surface area contributed by atoms with Crippen LogP contribution in [0.25, 0.3) is 10.9 Å². The van der Waals surface area contributed by atoms with Gasteiger partial charge in [0.1, 0.15) is 5.69 Å². The molecule has 38 heavy (non-hydrogen) atoms. The molecule has 0 spiro atoms. The largest absolute Gasteiger partial charge is 0.361 e.